The van der Waals surface area contributed by atoms with Gasteiger partial charge in [0.25, 0.3) is 0 Å². The summed E-state index contributed by atoms with van der Waals surface area (Å²) in [5.41, 5.74) is 0.569. The van der Waals surface area contributed by atoms with Crippen LogP contribution < -0.4 is 5.32 Å². The molecule has 1 N–H and O–H groups in total. The van der Waals surface area contributed by atoms with E-state index in [1.807, 2.05) is 0 Å². The molecule has 0 fully saturated rings. The summed E-state index contributed by atoms with van der Waals surface area (Å²) in [5, 5.41) is 2.93. The molecule has 0 heterocycles. The summed E-state index contributed by atoms with van der Waals surface area (Å²) >= 11 is 0. The standard InChI is InChI=1S/C12H15F2NO2/c1-7(15-8(2)12(16)17-3)9-4-5-10(13)11(14)6-9/h4-8,15H,1-3H3. The van der Waals surface area contributed by atoms with Crippen LogP contribution in [0.25, 0.3) is 0 Å². The molecule has 1 rings (SSSR count). The van der Waals surface area contributed by atoms with Gasteiger partial charge in [-0.15, -0.1) is 0 Å². The highest BCUT2D eigenvalue weighted by Gasteiger charge is 2.17. The average molecular weight is 243 g/mol. The van der Waals surface area contributed by atoms with E-state index in [0.29, 0.717) is 5.56 Å². The Bertz CT molecular complexity index is 409. The number of carbonyl (C=O) groups is 1. The van der Waals surface area contributed by atoms with Crippen LogP contribution in [0.5, 0.6) is 0 Å². The number of nitrogens with one attached hydrogen (secondary N) is 1. The molecule has 0 aliphatic carbocycles. The van der Waals surface area contributed by atoms with E-state index in [9.17, 15) is 13.6 Å². The van der Waals surface area contributed by atoms with Gasteiger partial charge in [0.2, 0.25) is 0 Å². The Hall–Kier alpha value is -1.49. The molecule has 0 amide bonds. The second-order valence-electron chi connectivity index (χ2n) is 3.81. The number of benzene rings is 1. The molecule has 1 aromatic rings. The molecule has 0 radical (unpaired) electrons. The number of ether oxygens (including phenoxy) is 1. The van der Waals surface area contributed by atoms with Crippen LogP contribution >= 0.6 is 0 Å². The lowest BCUT2D eigenvalue weighted by atomic mass is 10.1. The maximum absolute atomic E-state index is 13.0. The van der Waals surface area contributed by atoms with Gasteiger partial charge in [-0.3, -0.25) is 10.1 Å². The first-order chi connectivity index (χ1) is 7.95. The van der Waals surface area contributed by atoms with E-state index >= 15 is 0 Å². The molecule has 2 unspecified atom stereocenters. The van der Waals surface area contributed by atoms with Crippen LogP contribution in [0.4, 0.5) is 8.78 Å². The fourth-order valence-corrected chi connectivity index (χ4v) is 1.50. The first-order valence-corrected chi connectivity index (χ1v) is 5.24. The van der Waals surface area contributed by atoms with Gasteiger partial charge >= 0.3 is 5.97 Å². The lowest BCUT2D eigenvalue weighted by molar-refractivity contribution is -0.142. The summed E-state index contributed by atoms with van der Waals surface area (Å²) < 4.78 is 30.3. The van der Waals surface area contributed by atoms with Crippen molar-refractivity contribution >= 4 is 5.97 Å². The Morgan fingerprint density at radius 1 is 1.29 bits per heavy atom. The predicted molar refractivity (Wildman–Crippen MR) is 59.4 cm³/mol. The molecule has 1 aromatic carbocycles. The van der Waals surface area contributed by atoms with E-state index in [1.165, 1.54) is 13.2 Å². The highest BCUT2D eigenvalue weighted by molar-refractivity contribution is 5.75. The van der Waals surface area contributed by atoms with E-state index in [-0.39, 0.29) is 6.04 Å². The summed E-state index contributed by atoms with van der Waals surface area (Å²) in [6.45, 7) is 3.40. The molecule has 17 heavy (non-hydrogen) atoms. The number of esters is 1. The fraction of sp³-hybridized carbons (Fsp3) is 0.417. The average Bonchev–Trinajstić information content (AvgIpc) is 2.31. The minimum Gasteiger partial charge on any atom is -0.468 e. The van der Waals surface area contributed by atoms with Gasteiger partial charge in [0, 0.05) is 6.04 Å². The Morgan fingerprint density at radius 2 is 1.94 bits per heavy atom. The zero-order valence-corrected chi connectivity index (χ0v) is 9.96. The van der Waals surface area contributed by atoms with Crippen LogP contribution in [0.1, 0.15) is 25.5 Å². The number of rotatable bonds is 4. The monoisotopic (exact) mass is 243 g/mol. The molecule has 2 atom stereocenters. The van der Waals surface area contributed by atoms with Crippen LogP contribution in [0.3, 0.4) is 0 Å². The van der Waals surface area contributed by atoms with E-state index in [1.54, 1.807) is 13.8 Å². The molecule has 0 spiro atoms. The van der Waals surface area contributed by atoms with E-state index in [0.717, 1.165) is 12.1 Å². The van der Waals surface area contributed by atoms with Gasteiger partial charge in [-0.2, -0.15) is 0 Å². The van der Waals surface area contributed by atoms with Crippen molar-refractivity contribution in [1.82, 2.24) is 5.32 Å². The normalized spacial score (nSPS) is 14.2. The number of carbonyl (C=O) groups excluding carboxylic acids is 1. The van der Waals surface area contributed by atoms with Crippen molar-refractivity contribution in [2.24, 2.45) is 0 Å². The van der Waals surface area contributed by atoms with Crippen molar-refractivity contribution in [3.05, 3.63) is 35.4 Å². The quantitative estimate of drug-likeness (QED) is 0.824. The molecule has 0 aromatic heterocycles. The molecule has 0 saturated heterocycles. The Kier molecular flexibility index (Phi) is 4.57. The van der Waals surface area contributed by atoms with Crippen molar-refractivity contribution in [2.75, 3.05) is 7.11 Å². The zero-order valence-electron chi connectivity index (χ0n) is 9.96. The van der Waals surface area contributed by atoms with Crippen LogP contribution in [-0.2, 0) is 9.53 Å². The van der Waals surface area contributed by atoms with Crippen LogP contribution in [0, 0.1) is 11.6 Å². The van der Waals surface area contributed by atoms with Gasteiger partial charge in [-0.25, -0.2) is 8.78 Å². The third-order valence-electron chi connectivity index (χ3n) is 2.50. The van der Waals surface area contributed by atoms with Crippen LogP contribution in [0.2, 0.25) is 0 Å². The molecule has 5 heteroatoms. The summed E-state index contributed by atoms with van der Waals surface area (Å²) in [7, 11) is 1.29. The van der Waals surface area contributed by atoms with Crippen molar-refractivity contribution in [1.29, 1.82) is 0 Å². The Labute approximate surface area is 98.8 Å². The maximum Gasteiger partial charge on any atom is 0.322 e. The van der Waals surface area contributed by atoms with E-state index in [2.05, 4.69) is 10.1 Å². The van der Waals surface area contributed by atoms with Gasteiger partial charge in [-0.1, -0.05) is 6.07 Å². The minimum absolute atomic E-state index is 0.279. The Morgan fingerprint density at radius 3 is 2.47 bits per heavy atom. The van der Waals surface area contributed by atoms with Gasteiger partial charge in [0.1, 0.15) is 6.04 Å². The molecular weight excluding hydrogens is 228 g/mol. The van der Waals surface area contributed by atoms with Crippen molar-refractivity contribution in [3.8, 4) is 0 Å². The fourth-order valence-electron chi connectivity index (χ4n) is 1.50. The van der Waals surface area contributed by atoms with Crippen molar-refractivity contribution < 1.29 is 18.3 Å². The Balaban J connectivity index is 2.72. The molecule has 0 bridgehead atoms. The lowest BCUT2D eigenvalue weighted by Gasteiger charge is -2.18. The van der Waals surface area contributed by atoms with Gasteiger partial charge in [0.05, 0.1) is 7.11 Å². The SMILES string of the molecule is COC(=O)C(C)NC(C)c1ccc(F)c(F)c1. The molecular formula is C12H15F2NO2. The third kappa shape index (κ3) is 3.49. The molecule has 3 nitrogen and oxygen atoms in total. The molecule has 0 aliphatic heterocycles. The van der Waals surface area contributed by atoms with Gasteiger partial charge < -0.3 is 4.74 Å². The first-order valence-electron chi connectivity index (χ1n) is 5.24. The highest BCUT2D eigenvalue weighted by atomic mass is 19.2. The third-order valence-corrected chi connectivity index (χ3v) is 2.50. The summed E-state index contributed by atoms with van der Waals surface area (Å²) in [4.78, 5) is 11.2. The summed E-state index contributed by atoms with van der Waals surface area (Å²) in [6.07, 6.45) is 0. The second kappa shape index (κ2) is 5.72. The predicted octanol–water partition coefficient (Wildman–Crippen LogP) is 2.18. The maximum atomic E-state index is 13.0. The van der Waals surface area contributed by atoms with E-state index < -0.39 is 23.6 Å². The smallest absolute Gasteiger partial charge is 0.322 e. The van der Waals surface area contributed by atoms with Gasteiger partial charge in [0.15, 0.2) is 11.6 Å². The topological polar surface area (TPSA) is 38.3 Å². The second-order valence-corrected chi connectivity index (χ2v) is 3.81. The van der Waals surface area contributed by atoms with Crippen molar-refractivity contribution in [3.63, 3.8) is 0 Å². The zero-order chi connectivity index (χ0) is 13.0. The molecule has 0 saturated carbocycles. The highest BCUT2D eigenvalue weighted by Crippen LogP contribution is 2.16. The molecule has 94 valence electrons. The first kappa shape index (κ1) is 13.6. The largest absolute Gasteiger partial charge is 0.468 e. The van der Waals surface area contributed by atoms with Crippen LogP contribution in [0.15, 0.2) is 18.2 Å². The number of halogens is 2. The summed E-state index contributed by atoms with van der Waals surface area (Å²) in [6, 6.07) is 2.85. The number of hydrogen-bond acceptors (Lipinski definition) is 3. The minimum atomic E-state index is -0.901. The van der Waals surface area contributed by atoms with Crippen LogP contribution in [-0.4, -0.2) is 19.1 Å². The van der Waals surface area contributed by atoms with E-state index in [4.69, 9.17) is 0 Å². The molecule has 0 aliphatic rings. The number of hydrogen-bond donors (Lipinski definition) is 1. The summed E-state index contributed by atoms with van der Waals surface area (Å²) in [5.74, 6) is -2.19. The van der Waals surface area contributed by atoms with Crippen molar-refractivity contribution in [2.45, 2.75) is 25.9 Å². The van der Waals surface area contributed by atoms with Gasteiger partial charge in [-0.05, 0) is 31.5 Å². The number of methoxy groups -OCH3 is 1. The lowest BCUT2D eigenvalue weighted by Crippen LogP contribution is -2.36.